The number of aromatic amines is 1. The van der Waals surface area contributed by atoms with Crippen molar-refractivity contribution in [3.8, 4) is 0 Å². The van der Waals surface area contributed by atoms with Crippen molar-refractivity contribution in [2.24, 2.45) is 5.92 Å². The molecule has 3 aromatic rings. The van der Waals surface area contributed by atoms with Gasteiger partial charge in [-0.1, -0.05) is 34.5 Å². The second-order valence-electron chi connectivity index (χ2n) is 7.05. The SMILES string of the molecule is Cc1[nH]c2c(C(OCc3ccc(Br)cc3)C3CCC3)ccnc2c1C. The van der Waals surface area contributed by atoms with Crippen LogP contribution >= 0.6 is 15.9 Å². The zero-order valence-electron chi connectivity index (χ0n) is 14.7. The molecule has 2 aromatic heterocycles. The summed E-state index contributed by atoms with van der Waals surface area (Å²) in [6.07, 6.45) is 5.84. The Hall–Kier alpha value is -1.65. The first-order valence-electron chi connectivity index (χ1n) is 8.93. The highest BCUT2D eigenvalue weighted by atomic mass is 79.9. The molecule has 2 heterocycles. The molecule has 3 nitrogen and oxygen atoms in total. The molecule has 25 heavy (non-hydrogen) atoms. The summed E-state index contributed by atoms with van der Waals surface area (Å²) in [5.41, 5.74) is 7.10. The molecule has 0 aliphatic heterocycles. The Kier molecular flexibility index (Phi) is 4.65. The monoisotopic (exact) mass is 398 g/mol. The molecular formula is C21H23BrN2O. The van der Waals surface area contributed by atoms with Gasteiger partial charge in [-0.25, -0.2) is 0 Å². The van der Waals surface area contributed by atoms with E-state index in [0.29, 0.717) is 12.5 Å². The number of hydrogen-bond acceptors (Lipinski definition) is 2. The Labute approximate surface area is 156 Å². The normalized spacial score (nSPS) is 16.1. The van der Waals surface area contributed by atoms with Gasteiger partial charge in [0.15, 0.2) is 0 Å². The molecule has 1 aromatic carbocycles. The Morgan fingerprint density at radius 1 is 1.20 bits per heavy atom. The first kappa shape index (κ1) is 16.8. The zero-order valence-corrected chi connectivity index (χ0v) is 16.3. The van der Waals surface area contributed by atoms with Gasteiger partial charge in [-0.3, -0.25) is 4.98 Å². The summed E-state index contributed by atoms with van der Waals surface area (Å²) in [6, 6.07) is 10.5. The molecule has 1 fully saturated rings. The second kappa shape index (κ2) is 6.93. The second-order valence-corrected chi connectivity index (χ2v) is 7.96. The molecule has 0 saturated heterocycles. The van der Waals surface area contributed by atoms with Crippen LogP contribution in [0.3, 0.4) is 0 Å². The average molecular weight is 399 g/mol. The van der Waals surface area contributed by atoms with Crippen LogP contribution in [-0.4, -0.2) is 9.97 Å². The highest BCUT2D eigenvalue weighted by Gasteiger charge is 2.31. The summed E-state index contributed by atoms with van der Waals surface area (Å²) in [4.78, 5) is 8.12. The third-order valence-corrected chi connectivity index (χ3v) is 5.97. The van der Waals surface area contributed by atoms with Crippen LogP contribution in [0.1, 0.15) is 47.8 Å². The molecule has 1 saturated carbocycles. The number of H-pyrrole nitrogens is 1. The maximum atomic E-state index is 6.45. The highest BCUT2D eigenvalue weighted by molar-refractivity contribution is 9.10. The lowest BCUT2D eigenvalue weighted by atomic mass is 9.78. The van der Waals surface area contributed by atoms with E-state index in [4.69, 9.17) is 4.74 Å². The number of hydrogen-bond donors (Lipinski definition) is 1. The number of fused-ring (bicyclic) bond motifs is 1. The lowest BCUT2D eigenvalue weighted by molar-refractivity contribution is -0.0252. The smallest absolute Gasteiger partial charge is 0.0914 e. The number of aromatic nitrogens is 2. The van der Waals surface area contributed by atoms with Gasteiger partial charge in [-0.05, 0) is 61.9 Å². The molecule has 1 N–H and O–H groups in total. The third kappa shape index (κ3) is 3.25. The number of rotatable bonds is 5. The van der Waals surface area contributed by atoms with Gasteiger partial charge in [0.05, 0.1) is 23.7 Å². The molecule has 1 aliphatic rings. The van der Waals surface area contributed by atoms with Crippen LogP contribution in [0, 0.1) is 19.8 Å². The van der Waals surface area contributed by atoms with Gasteiger partial charge < -0.3 is 9.72 Å². The molecule has 0 radical (unpaired) electrons. The van der Waals surface area contributed by atoms with E-state index in [1.165, 1.54) is 41.6 Å². The summed E-state index contributed by atoms with van der Waals surface area (Å²) < 4.78 is 7.55. The molecule has 1 aliphatic carbocycles. The molecule has 1 unspecified atom stereocenters. The Bertz CT molecular complexity index is 881. The van der Waals surface area contributed by atoms with E-state index in [1.54, 1.807) is 0 Å². The van der Waals surface area contributed by atoms with E-state index in [1.807, 2.05) is 6.20 Å². The molecule has 130 valence electrons. The molecule has 1 atom stereocenters. The molecule has 0 bridgehead atoms. The third-order valence-electron chi connectivity index (χ3n) is 5.44. The van der Waals surface area contributed by atoms with Crippen LogP contribution in [0.4, 0.5) is 0 Å². The fourth-order valence-electron chi connectivity index (χ4n) is 3.58. The van der Waals surface area contributed by atoms with Gasteiger partial charge in [0.1, 0.15) is 0 Å². The van der Waals surface area contributed by atoms with Gasteiger partial charge >= 0.3 is 0 Å². The van der Waals surface area contributed by atoms with Crippen molar-refractivity contribution in [2.75, 3.05) is 0 Å². The van der Waals surface area contributed by atoms with E-state index < -0.39 is 0 Å². The Morgan fingerprint density at radius 3 is 2.64 bits per heavy atom. The largest absolute Gasteiger partial charge is 0.368 e. The number of pyridine rings is 1. The minimum Gasteiger partial charge on any atom is -0.368 e. The number of nitrogens with zero attached hydrogens (tertiary/aromatic N) is 1. The average Bonchev–Trinajstić information content (AvgIpc) is 2.86. The molecule has 0 amide bonds. The van der Waals surface area contributed by atoms with Crippen LogP contribution in [-0.2, 0) is 11.3 Å². The lowest BCUT2D eigenvalue weighted by Gasteiger charge is -2.34. The van der Waals surface area contributed by atoms with Gasteiger partial charge in [-0.2, -0.15) is 0 Å². The van der Waals surface area contributed by atoms with Gasteiger partial charge in [-0.15, -0.1) is 0 Å². The van der Waals surface area contributed by atoms with Crippen molar-refractivity contribution >= 4 is 27.0 Å². The van der Waals surface area contributed by atoms with Crippen LogP contribution in [0.5, 0.6) is 0 Å². The van der Waals surface area contributed by atoms with Crippen LogP contribution in [0.25, 0.3) is 11.0 Å². The Balaban J connectivity index is 1.65. The highest BCUT2D eigenvalue weighted by Crippen LogP contribution is 2.42. The summed E-state index contributed by atoms with van der Waals surface area (Å²) in [7, 11) is 0. The number of halogens is 1. The predicted octanol–water partition coefficient (Wildman–Crippen LogP) is 6.00. The first-order valence-corrected chi connectivity index (χ1v) is 9.72. The molecule has 4 heteroatoms. The summed E-state index contributed by atoms with van der Waals surface area (Å²) in [5.74, 6) is 0.602. The lowest BCUT2D eigenvalue weighted by Crippen LogP contribution is -2.23. The van der Waals surface area contributed by atoms with Gasteiger partial charge in [0, 0.05) is 21.9 Å². The predicted molar refractivity (Wildman–Crippen MR) is 105 cm³/mol. The zero-order chi connectivity index (χ0) is 17.4. The van der Waals surface area contributed by atoms with Crippen molar-refractivity contribution in [2.45, 2.75) is 45.8 Å². The van der Waals surface area contributed by atoms with E-state index in [-0.39, 0.29) is 6.10 Å². The van der Waals surface area contributed by atoms with Crippen LogP contribution < -0.4 is 0 Å². The van der Waals surface area contributed by atoms with E-state index in [2.05, 4.69) is 70.1 Å². The maximum absolute atomic E-state index is 6.45. The van der Waals surface area contributed by atoms with Crippen molar-refractivity contribution in [3.63, 3.8) is 0 Å². The van der Waals surface area contributed by atoms with Crippen molar-refractivity contribution in [3.05, 3.63) is 63.4 Å². The minimum absolute atomic E-state index is 0.125. The number of nitrogens with one attached hydrogen (secondary N) is 1. The Morgan fingerprint density at radius 2 is 1.96 bits per heavy atom. The summed E-state index contributed by atoms with van der Waals surface area (Å²) in [5, 5.41) is 0. The quantitative estimate of drug-likeness (QED) is 0.571. The van der Waals surface area contributed by atoms with Gasteiger partial charge in [0.2, 0.25) is 0 Å². The van der Waals surface area contributed by atoms with Crippen LogP contribution in [0.15, 0.2) is 41.0 Å². The minimum atomic E-state index is 0.125. The topological polar surface area (TPSA) is 37.9 Å². The van der Waals surface area contributed by atoms with Crippen molar-refractivity contribution in [1.82, 2.24) is 9.97 Å². The van der Waals surface area contributed by atoms with Crippen molar-refractivity contribution in [1.29, 1.82) is 0 Å². The molecular weight excluding hydrogens is 376 g/mol. The fraction of sp³-hybridized carbons (Fsp3) is 0.381. The molecule has 4 rings (SSSR count). The fourth-order valence-corrected chi connectivity index (χ4v) is 3.84. The summed E-state index contributed by atoms with van der Waals surface area (Å²) >= 11 is 3.49. The maximum Gasteiger partial charge on any atom is 0.0914 e. The number of ether oxygens (including phenoxy) is 1. The van der Waals surface area contributed by atoms with Crippen molar-refractivity contribution < 1.29 is 4.74 Å². The van der Waals surface area contributed by atoms with E-state index >= 15 is 0 Å². The molecule has 0 spiro atoms. The standard InChI is InChI=1S/C21H23BrN2O/c1-13-14(2)24-20-18(10-11-23-19(13)20)21(16-4-3-5-16)25-12-15-6-8-17(22)9-7-15/h6-11,16,21,24H,3-5,12H2,1-2H3. The van der Waals surface area contributed by atoms with Gasteiger partial charge in [0.25, 0.3) is 0 Å². The summed E-state index contributed by atoms with van der Waals surface area (Å²) in [6.45, 7) is 4.88. The first-order chi connectivity index (χ1) is 12.1. The number of benzene rings is 1. The van der Waals surface area contributed by atoms with Crippen LogP contribution in [0.2, 0.25) is 0 Å². The van der Waals surface area contributed by atoms with E-state index in [9.17, 15) is 0 Å². The van der Waals surface area contributed by atoms with E-state index in [0.717, 1.165) is 15.5 Å². The number of aryl methyl sites for hydroxylation is 2.